The van der Waals surface area contributed by atoms with Gasteiger partial charge in [-0.2, -0.15) is 0 Å². The molecule has 2 N–H and O–H groups in total. The number of hydrogen-bond acceptors (Lipinski definition) is 4. The van der Waals surface area contributed by atoms with E-state index in [0.717, 1.165) is 19.0 Å². The molecule has 0 amide bonds. The maximum Gasteiger partial charge on any atom is 0.191 e. The molecule has 0 aromatic heterocycles. The molecular weight excluding hydrogens is 300 g/mol. The van der Waals surface area contributed by atoms with Gasteiger partial charge in [0.2, 0.25) is 0 Å². The molecule has 2 aliphatic heterocycles. The van der Waals surface area contributed by atoms with Crippen molar-refractivity contribution in [1.82, 2.24) is 15.5 Å². The zero-order chi connectivity index (χ0) is 16.2. The topological polar surface area (TPSA) is 73.8 Å². The van der Waals surface area contributed by atoms with Crippen LogP contribution < -0.4 is 10.6 Å². The highest BCUT2D eigenvalue weighted by molar-refractivity contribution is 7.91. The van der Waals surface area contributed by atoms with E-state index >= 15 is 0 Å². The van der Waals surface area contributed by atoms with Crippen LogP contribution in [0.1, 0.15) is 33.1 Å². The summed E-state index contributed by atoms with van der Waals surface area (Å²) < 4.78 is 23.0. The zero-order valence-electron chi connectivity index (χ0n) is 14.0. The molecule has 2 fully saturated rings. The molecule has 0 saturated carbocycles. The summed E-state index contributed by atoms with van der Waals surface area (Å²) in [6, 6.07) is 0.440. The second-order valence-corrected chi connectivity index (χ2v) is 9.02. The van der Waals surface area contributed by atoms with Gasteiger partial charge in [0.15, 0.2) is 15.8 Å². The molecule has 0 aromatic carbocycles. The molecule has 2 rings (SSSR count). The van der Waals surface area contributed by atoms with Crippen LogP contribution in [0.4, 0.5) is 0 Å². The number of nitrogens with zero attached hydrogens (tertiary/aromatic N) is 2. The van der Waals surface area contributed by atoms with E-state index in [0.29, 0.717) is 18.4 Å². The Hall–Kier alpha value is -0.820. The Morgan fingerprint density at radius 3 is 2.77 bits per heavy atom. The third-order valence-corrected chi connectivity index (χ3v) is 6.44. The summed E-state index contributed by atoms with van der Waals surface area (Å²) in [6.07, 6.45) is 3.27. The maximum absolute atomic E-state index is 11.5. The van der Waals surface area contributed by atoms with E-state index in [-0.39, 0.29) is 17.5 Å². The first-order valence-electron chi connectivity index (χ1n) is 8.31. The predicted octanol–water partition coefficient (Wildman–Crippen LogP) is 0.459. The van der Waals surface area contributed by atoms with Crippen molar-refractivity contribution in [3.05, 3.63) is 0 Å². The molecule has 0 aromatic rings. The molecule has 6 nitrogen and oxygen atoms in total. The number of likely N-dealkylation sites (tertiary alicyclic amines) is 1. The molecule has 22 heavy (non-hydrogen) atoms. The van der Waals surface area contributed by atoms with Crippen molar-refractivity contribution >= 4 is 15.8 Å². The number of sulfone groups is 1. The molecule has 7 heteroatoms. The maximum atomic E-state index is 11.5. The van der Waals surface area contributed by atoms with E-state index in [1.54, 1.807) is 7.05 Å². The summed E-state index contributed by atoms with van der Waals surface area (Å²) in [5, 5.41) is 6.57. The van der Waals surface area contributed by atoms with Crippen molar-refractivity contribution in [2.75, 3.05) is 38.2 Å². The average Bonchev–Trinajstić information content (AvgIpc) is 2.82. The minimum absolute atomic E-state index is 0.0125. The van der Waals surface area contributed by atoms with Crippen molar-refractivity contribution in [2.24, 2.45) is 10.9 Å². The molecule has 2 heterocycles. The third-order valence-electron chi connectivity index (χ3n) is 4.67. The van der Waals surface area contributed by atoms with Crippen molar-refractivity contribution < 1.29 is 8.42 Å². The van der Waals surface area contributed by atoms with Crippen molar-refractivity contribution in [3.8, 4) is 0 Å². The van der Waals surface area contributed by atoms with Gasteiger partial charge < -0.3 is 10.6 Å². The van der Waals surface area contributed by atoms with Gasteiger partial charge in [-0.1, -0.05) is 6.92 Å². The molecular formula is C15H30N4O2S. The van der Waals surface area contributed by atoms with Gasteiger partial charge in [-0.15, -0.1) is 0 Å². The summed E-state index contributed by atoms with van der Waals surface area (Å²) in [5.74, 6) is 1.98. The smallest absolute Gasteiger partial charge is 0.191 e. The summed E-state index contributed by atoms with van der Waals surface area (Å²) in [4.78, 5) is 6.73. The van der Waals surface area contributed by atoms with Crippen molar-refractivity contribution in [1.29, 1.82) is 0 Å². The molecule has 0 aliphatic carbocycles. The average molecular weight is 330 g/mol. The summed E-state index contributed by atoms with van der Waals surface area (Å²) in [6.45, 7) is 7.70. The van der Waals surface area contributed by atoms with E-state index < -0.39 is 9.84 Å². The summed E-state index contributed by atoms with van der Waals surface area (Å²) in [7, 11) is -1.13. The Morgan fingerprint density at radius 2 is 2.18 bits per heavy atom. The number of piperidine rings is 1. The molecule has 128 valence electrons. The van der Waals surface area contributed by atoms with E-state index in [9.17, 15) is 8.42 Å². The van der Waals surface area contributed by atoms with Crippen molar-refractivity contribution in [2.45, 2.75) is 45.2 Å². The monoisotopic (exact) mass is 330 g/mol. The van der Waals surface area contributed by atoms with Crippen LogP contribution in [0.25, 0.3) is 0 Å². The van der Waals surface area contributed by atoms with Crippen LogP contribution >= 0.6 is 0 Å². The van der Waals surface area contributed by atoms with E-state index in [2.05, 4.69) is 34.4 Å². The van der Waals surface area contributed by atoms with Crippen LogP contribution in [0.15, 0.2) is 4.99 Å². The Labute approximate surface area is 134 Å². The fourth-order valence-electron chi connectivity index (χ4n) is 3.30. The first kappa shape index (κ1) is 17.5. The lowest BCUT2D eigenvalue weighted by atomic mass is 9.99. The van der Waals surface area contributed by atoms with Gasteiger partial charge in [0, 0.05) is 32.2 Å². The van der Waals surface area contributed by atoms with E-state index in [1.807, 2.05) is 0 Å². The highest BCUT2D eigenvalue weighted by Gasteiger charge is 2.28. The molecule has 0 radical (unpaired) electrons. The molecule has 0 bridgehead atoms. The number of rotatable bonds is 4. The number of aliphatic imine (C=N–C) groups is 1. The zero-order valence-corrected chi connectivity index (χ0v) is 14.8. The van der Waals surface area contributed by atoms with Crippen LogP contribution in [-0.4, -0.2) is 69.5 Å². The number of hydrogen-bond donors (Lipinski definition) is 2. The first-order chi connectivity index (χ1) is 10.4. The van der Waals surface area contributed by atoms with Gasteiger partial charge in [0.05, 0.1) is 11.5 Å². The predicted molar refractivity (Wildman–Crippen MR) is 91.0 cm³/mol. The number of nitrogens with one attached hydrogen (secondary N) is 2. The van der Waals surface area contributed by atoms with E-state index in [1.165, 1.54) is 19.4 Å². The standard InChI is InChI=1S/C15H30N4O2S/c1-12-5-4-7-19(10-12)13(2)9-17-15(16-3)18-14-6-8-22(20,21)11-14/h12-14H,4-11H2,1-3H3,(H2,16,17,18). The van der Waals surface area contributed by atoms with E-state index in [4.69, 9.17) is 0 Å². The highest BCUT2D eigenvalue weighted by Crippen LogP contribution is 2.17. The second kappa shape index (κ2) is 7.64. The van der Waals surface area contributed by atoms with Gasteiger partial charge in [0.1, 0.15) is 0 Å². The third kappa shape index (κ3) is 5.12. The summed E-state index contributed by atoms with van der Waals surface area (Å²) in [5.41, 5.74) is 0. The molecule has 3 atom stereocenters. The number of guanidine groups is 1. The normalized spacial score (nSPS) is 31.0. The minimum atomic E-state index is -2.86. The van der Waals surface area contributed by atoms with Gasteiger partial charge >= 0.3 is 0 Å². The summed E-state index contributed by atoms with van der Waals surface area (Å²) >= 11 is 0. The lowest BCUT2D eigenvalue weighted by Gasteiger charge is -2.35. The van der Waals surface area contributed by atoms with Crippen LogP contribution in [0.3, 0.4) is 0 Å². The molecule has 2 aliphatic rings. The fourth-order valence-corrected chi connectivity index (χ4v) is 4.97. The molecule has 3 unspecified atom stereocenters. The lowest BCUT2D eigenvalue weighted by molar-refractivity contribution is 0.139. The van der Waals surface area contributed by atoms with Gasteiger partial charge in [-0.25, -0.2) is 8.42 Å². The quantitative estimate of drug-likeness (QED) is 0.579. The van der Waals surface area contributed by atoms with Gasteiger partial charge in [0.25, 0.3) is 0 Å². The van der Waals surface area contributed by atoms with Gasteiger partial charge in [-0.3, -0.25) is 9.89 Å². The molecule has 2 saturated heterocycles. The Morgan fingerprint density at radius 1 is 1.41 bits per heavy atom. The first-order valence-corrected chi connectivity index (χ1v) is 10.1. The largest absolute Gasteiger partial charge is 0.355 e. The Bertz CT molecular complexity index is 492. The molecule has 0 spiro atoms. The lowest BCUT2D eigenvalue weighted by Crippen LogP contribution is -2.50. The Kier molecular flexibility index (Phi) is 6.09. The van der Waals surface area contributed by atoms with Crippen molar-refractivity contribution in [3.63, 3.8) is 0 Å². The fraction of sp³-hybridized carbons (Fsp3) is 0.933. The SMILES string of the molecule is CN=C(NCC(C)N1CCCC(C)C1)NC1CCS(=O)(=O)C1. The second-order valence-electron chi connectivity index (χ2n) is 6.79. The van der Waals surface area contributed by atoms with Gasteiger partial charge in [-0.05, 0) is 38.6 Å². The minimum Gasteiger partial charge on any atom is -0.355 e. The van der Waals surface area contributed by atoms with Crippen LogP contribution in [0.5, 0.6) is 0 Å². The Balaban J connectivity index is 1.76. The van der Waals surface area contributed by atoms with Crippen LogP contribution in [0.2, 0.25) is 0 Å². The van der Waals surface area contributed by atoms with Crippen LogP contribution in [0, 0.1) is 5.92 Å². The van der Waals surface area contributed by atoms with Crippen LogP contribution in [-0.2, 0) is 9.84 Å². The highest BCUT2D eigenvalue weighted by atomic mass is 32.2.